The zero-order valence-corrected chi connectivity index (χ0v) is 12.1. The van der Waals surface area contributed by atoms with Crippen LogP contribution >= 0.6 is 0 Å². The molecule has 0 atom stereocenters. The van der Waals surface area contributed by atoms with Gasteiger partial charge in [-0.25, -0.2) is 0 Å². The van der Waals surface area contributed by atoms with Crippen molar-refractivity contribution in [2.45, 2.75) is 6.61 Å². The predicted octanol–water partition coefficient (Wildman–Crippen LogP) is 1.83. The topological polar surface area (TPSA) is 71.5 Å². The smallest absolute Gasteiger partial charge is 0.134 e. The van der Waals surface area contributed by atoms with Crippen LogP contribution in [0.1, 0.15) is 5.56 Å². The maximum absolute atomic E-state index is 5.84. The zero-order chi connectivity index (χ0) is 14.7. The van der Waals surface area contributed by atoms with Crippen LogP contribution in [0.4, 0.5) is 5.82 Å². The molecule has 1 aromatic carbocycles. The minimum Gasteiger partial charge on any atom is -0.497 e. The van der Waals surface area contributed by atoms with Crippen molar-refractivity contribution in [2.24, 2.45) is 7.05 Å². The Labute approximate surface area is 118 Å². The molecule has 0 aliphatic rings. The molecule has 20 heavy (non-hydrogen) atoms. The highest BCUT2D eigenvalue weighted by Crippen LogP contribution is 2.37. The fourth-order valence-corrected chi connectivity index (χ4v) is 2.08. The van der Waals surface area contributed by atoms with Crippen molar-refractivity contribution >= 4 is 5.82 Å². The van der Waals surface area contributed by atoms with Crippen molar-refractivity contribution in [3.63, 3.8) is 0 Å². The maximum Gasteiger partial charge on any atom is 0.134 e. The van der Waals surface area contributed by atoms with Gasteiger partial charge in [0, 0.05) is 31.4 Å². The molecule has 0 radical (unpaired) electrons. The van der Waals surface area contributed by atoms with Gasteiger partial charge in [0.05, 0.1) is 26.5 Å². The monoisotopic (exact) mass is 277 g/mol. The minimum atomic E-state index is 0.426. The van der Waals surface area contributed by atoms with E-state index in [0.29, 0.717) is 18.2 Å². The lowest BCUT2D eigenvalue weighted by Crippen LogP contribution is -1.99. The van der Waals surface area contributed by atoms with Gasteiger partial charge in [0.25, 0.3) is 0 Å². The van der Waals surface area contributed by atoms with Crippen molar-refractivity contribution in [3.8, 4) is 22.8 Å². The largest absolute Gasteiger partial charge is 0.497 e. The summed E-state index contributed by atoms with van der Waals surface area (Å²) in [6.45, 7) is 0.426. The molecule has 6 nitrogen and oxygen atoms in total. The average molecular weight is 277 g/mol. The van der Waals surface area contributed by atoms with Crippen LogP contribution < -0.4 is 15.2 Å². The second kappa shape index (κ2) is 5.83. The molecule has 0 aliphatic carbocycles. The molecule has 2 aromatic rings. The summed E-state index contributed by atoms with van der Waals surface area (Å²) in [5.74, 6) is 2.01. The lowest BCUT2D eigenvalue weighted by molar-refractivity contribution is 0.181. The molecule has 0 saturated carbocycles. The van der Waals surface area contributed by atoms with E-state index in [1.165, 1.54) is 0 Å². The number of nitrogens with zero attached hydrogens (tertiary/aromatic N) is 2. The van der Waals surface area contributed by atoms with Crippen LogP contribution in [0, 0.1) is 0 Å². The lowest BCUT2D eigenvalue weighted by Gasteiger charge is -2.14. The molecule has 2 N–H and O–H groups in total. The van der Waals surface area contributed by atoms with E-state index in [1.807, 2.05) is 12.1 Å². The number of aromatic nitrogens is 2. The molecule has 1 aromatic heterocycles. The van der Waals surface area contributed by atoms with Gasteiger partial charge in [0.2, 0.25) is 0 Å². The first kappa shape index (κ1) is 14.2. The fourth-order valence-electron chi connectivity index (χ4n) is 2.08. The van der Waals surface area contributed by atoms with Crippen LogP contribution in [0.15, 0.2) is 18.2 Å². The summed E-state index contributed by atoms with van der Waals surface area (Å²) in [6.07, 6.45) is 0. The number of anilines is 1. The fraction of sp³-hybridized carbons (Fsp3) is 0.357. The molecule has 2 rings (SSSR count). The molecule has 6 heteroatoms. The van der Waals surface area contributed by atoms with E-state index >= 15 is 0 Å². The minimum absolute atomic E-state index is 0.426. The standard InChI is InChI=1S/C14H19N3O3/c1-17-13(15)7-12(16-17)11-6-10(19-3)5-9(8-18-2)14(11)20-4/h5-7H,8,15H2,1-4H3. The Hall–Kier alpha value is -2.21. The van der Waals surface area contributed by atoms with Gasteiger partial charge in [-0.3, -0.25) is 4.68 Å². The van der Waals surface area contributed by atoms with Crippen LogP contribution in [0.3, 0.4) is 0 Å². The summed E-state index contributed by atoms with van der Waals surface area (Å²) in [5, 5.41) is 4.38. The first-order valence-electron chi connectivity index (χ1n) is 6.14. The number of rotatable bonds is 5. The summed E-state index contributed by atoms with van der Waals surface area (Å²) in [7, 11) is 6.67. The number of ether oxygens (including phenoxy) is 3. The molecular weight excluding hydrogens is 258 g/mol. The number of hydrogen-bond acceptors (Lipinski definition) is 5. The van der Waals surface area contributed by atoms with E-state index in [9.17, 15) is 0 Å². The van der Waals surface area contributed by atoms with Crippen molar-refractivity contribution in [1.82, 2.24) is 9.78 Å². The summed E-state index contributed by atoms with van der Waals surface area (Å²) in [5.41, 5.74) is 8.30. The molecule has 0 bridgehead atoms. The molecule has 108 valence electrons. The second-order valence-electron chi connectivity index (χ2n) is 4.38. The van der Waals surface area contributed by atoms with E-state index in [1.54, 1.807) is 39.1 Å². The molecular formula is C14H19N3O3. The summed E-state index contributed by atoms with van der Waals surface area (Å²) in [6, 6.07) is 5.56. The van der Waals surface area contributed by atoms with Gasteiger partial charge >= 0.3 is 0 Å². The van der Waals surface area contributed by atoms with Gasteiger partial charge in [-0.05, 0) is 12.1 Å². The first-order chi connectivity index (χ1) is 9.60. The van der Waals surface area contributed by atoms with Crippen LogP contribution in [0.2, 0.25) is 0 Å². The summed E-state index contributed by atoms with van der Waals surface area (Å²) >= 11 is 0. The van der Waals surface area contributed by atoms with Crippen LogP contribution in [-0.2, 0) is 18.4 Å². The van der Waals surface area contributed by atoms with Crippen LogP contribution in [-0.4, -0.2) is 31.1 Å². The van der Waals surface area contributed by atoms with Crippen molar-refractivity contribution in [1.29, 1.82) is 0 Å². The third-order valence-corrected chi connectivity index (χ3v) is 3.07. The molecule has 0 saturated heterocycles. The summed E-state index contributed by atoms with van der Waals surface area (Å²) in [4.78, 5) is 0. The molecule has 0 unspecified atom stereocenters. The van der Waals surface area contributed by atoms with E-state index in [2.05, 4.69) is 5.10 Å². The van der Waals surface area contributed by atoms with Crippen LogP contribution in [0.5, 0.6) is 11.5 Å². The third kappa shape index (κ3) is 2.55. The number of methoxy groups -OCH3 is 3. The van der Waals surface area contributed by atoms with Crippen molar-refractivity contribution in [3.05, 3.63) is 23.8 Å². The van der Waals surface area contributed by atoms with Gasteiger partial charge < -0.3 is 19.9 Å². The van der Waals surface area contributed by atoms with E-state index in [0.717, 1.165) is 22.6 Å². The average Bonchev–Trinajstić information content (AvgIpc) is 2.78. The molecule has 0 amide bonds. The maximum atomic E-state index is 5.84. The van der Waals surface area contributed by atoms with Crippen molar-refractivity contribution < 1.29 is 14.2 Å². The molecule has 0 fully saturated rings. The lowest BCUT2D eigenvalue weighted by atomic mass is 10.1. The highest BCUT2D eigenvalue weighted by molar-refractivity contribution is 5.73. The van der Waals surface area contributed by atoms with Gasteiger partial charge in [-0.15, -0.1) is 0 Å². The SMILES string of the molecule is COCc1cc(OC)cc(-c2cc(N)n(C)n2)c1OC. The van der Waals surface area contributed by atoms with E-state index in [4.69, 9.17) is 19.9 Å². The number of nitrogens with two attached hydrogens (primary N) is 1. The predicted molar refractivity (Wildman–Crippen MR) is 76.9 cm³/mol. The normalized spacial score (nSPS) is 10.6. The Morgan fingerprint density at radius 1 is 1.15 bits per heavy atom. The Morgan fingerprint density at radius 2 is 1.90 bits per heavy atom. The Kier molecular flexibility index (Phi) is 4.14. The molecule has 1 heterocycles. The van der Waals surface area contributed by atoms with E-state index < -0.39 is 0 Å². The first-order valence-corrected chi connectivity index (χ1v) is 6.14. The molecule has 0 spiro atoms. The number of nitrogen functional groups attached to an aromatic ring is 1. The van der Waals surface area contributed by atoms with Crippen molar-refractivity contribution in [2.75, 3.05) is 27.1 Å². The Morgan fingerprint density at radius 3 is 2.40 bits per heavy atom. The second-order valence-corrected chi connectivity index (χ2v) is 4.38. The highest BCUT2D eigenvalue weighted by atomic mass is 16.5. The number of benzene rings is 1. The number of hydrogen-bond donors (Lipinski definition) is 1. The van der Waals surface area contributed by atoms with Crippen LogP contribution in [0.25, 0.3) is 11.3 Å². The Balaban J connectivity index is 2.62. The zero-order valence-electron chi connectivity index (χ0n) is 12.1. The van der Waals surface area contributed by atoms with Gasteiger partial charge in [-0.1, -0.05) is 0 Å². The third-order valence-electron chi connectivity index (χ3n) is 3.07. The number of aryl methyl sites for hydroxylation is 1. The molecule has 0 aliphatic heterocycles. The van der Waals surface area contributed by atoms with Gasteiger partial charge in [0.1, 0.15) is 17.3 Å². The van der Waals surface area contributed by atoms with E-state index in [-0.39, 0.29) is 0 Å². The summed E-state index contributed by atoms with van der Waals surface area (Å²) < 4.78 is 17.6. The Bertz CT molecular complexity index is 588. The highest BCUT2D eigenvalue weighted by Gasteiger charge is 2.16. The quantitative estimate of drug-likeness (QED) is 0.902. The van der Waals surface area contributed by atoms with Gasteiger partial charge in [-0.2, -0.15) is 5.10 Å². The van der Waals surface area contributed by atoms with Gasteiger partial charge in [0.15, 0.2) is 0 Å².